The van der Waals surface area contributed by atoms with Gasteiger partial charge >= 0.3 is 5.97 Å². The fourth-order valence-corrected chi connectivity index (χ4v) is 13.3. The molecule has 0 bridgehead atoms. The van der Waals surface area contributed by atoms with Gasteiger partial charge in [-0.05, 0) is 159 Å². The summed E-state index contributed by atoms with van der Waals surface area (Å²) in [5.74, 6) is 2.80. The summed E-state index contributed by atoms with van der Waals surface area (Å²) < 4.78 is 5.80. The maximum atomic E-state index is 14.5. The van der Waals surface area contributed by atoms with Crippen molar-refractivity contribution in [1.29, 1.82) is 0 Å². The van der Waals surface area contributed by atoms with E-state index in [1.54, 1.807) is 0 Å². The van der Waals surface area contributed by atoms with E-state index in [1.807, 2.05) is 12.1 Å². The Balaban J connectivity index is 1.15. The lowest BCUT2D eigenvalue weighted by Gasteiger charge is -2.72. The SMILES string of the molecule is C=C(C)[C@@H]1CC[C@]2(C(=O)NCCc3ccc(OCCCCC(=O)O)cc3)CC[C@]3(C)C(CCC4[C@@]5(C)CC[C@H](O)C(C)(C)C5CC[C@]43C)C12. The number of carbonyl (C=O) groups is 2. The molecule has 0 spiro atoms. The molecule has 0 radical (unpaired) electrons. The van der Waals surface area contributed by atoms with Crippen LogP contribution in [-0.2, 0) is 16.0 Å². The Morgan fingerprint density at radius 3 is 2.31 bits per heavy atom. The maximum Gasteiger partial charge on any atom is 0.303 e. The van der Waals surface area contributed by atoms with Crippen molar-refractivity contribution >= 4 is 11.9 Å². The van der Waals surface area contributed by atoms with Gasteiger partial charge in [-0.1, -0.05) is 58.9 Å². The Kier molecular flexibility index (Phi) is 9.92. The normalized spacial score (nSPS) is 40.6. The summed E-state index contributed by atoms with van der Waals surface area (Å²) in [6.45, 7) is 20.4. The number of hydrogen-bond donors (Lipinski definition) is 3. The number of carboxylic acid groups (broad SMARTS) is 1. The van der Waals surface area contributed by atoms with Crippen LogP contribution in [-0.4, -0.2) is 41.3 Å². The minimum Gasteiger partial charge on any atom is -0.494 e. The molecule has 5 saturated carbocycles. The van der Waals surface area contributed by atoms with Crippen LogP contribution in [0.25, 0.3) is 0 Å². The van der Waals surface area contributed by atoms with E-state index in [1.165, 1.54) is 36.8 Å². The summed E-state index contributed by atoms with van der Waals surface area (Å²) in [6, 6.07) is 8.09. The number of rotatable bonds is 11. The number of carbonyl (C=O) groups excluding carboxylic acids is 1. The van der Waals surface area contributed by atoms with E-state index in [4.69, 9.17) is 9.84 Å². The number of allylic oxidation sites excluding steroid dienone is 1. The highest BCUT2D eigenvalue weighted by molar-refractivity contribution is 5.84. The van der Waals surface area contributed by atoms with Gasteiger partial charge in [0.1, 0.15) is 5.75 Å². The molecule has 1 aromatic carbocycles. The lowest BCUT2D eigenvalue weighted by atomic mass is 9.32. The number of unbranched alkanes of at least 4 members (excludes halogenated alkanes) is 1. The Bertz CT molecular complexity index is 1400. The van der Waals surface area contributed by atoms with E-state index in [9.17, 15) is 14.7 Å². The summed E-state index contributed by atoms with van der Waals surface area (Å²) in [5.41, 5.74) is 2.76. The fraction of sp³-hybridized carbons (Fsp3) is 0.767. The van der Waals surface area contributed by atoms with Gasteiger partial charge in [0, 0.05) is 13.0 Å². The second-order valence-corrected chi connectivity index (χ2v) is 18.6. The molecule has 0 aromatic heterocycles. The molecule has 5 aliphatic rings. The molecule has 10 atom stereocenters. The molecule has 0 heterocycles. The van der Waals surface area contributed by atoms with E-state index in [2.05, 4.69) is 65.6 Å². The summed E-state index contributed by atoms with van der Waals surface area (Å²) in [4.78, 5) is 25.2. The van der Waals surface area contributed by atoms with E-state index < -0.39 is 5.97 Å². The van der Waals surface area contributed by atoms with Gasteiger partial charge in [0.05, 0.1) is 18.1 Å². The van der Waals surface area contributed by atoms with Crippen LogP contribution in [0.15, 0.2) is 36.4 Å². The third kappa shape index (κ3) is 5.98. The van der Waals surface area contributed by atoms with Crippen LogP contribution in [0.1, 0.15) is 131 Å². The molecule has 5 aliphatic carbocycles. The number of carboxylic acids is 1. The molecular weight excluding hydrogens is 610 g/mol. The Labute approximate surface area is 296 Å². The quantitative estimate of drug-likeness (QED) is 0.161. The number of ether oxygens (including phenoxy) is 1. The Hall–Kier alpha value is -2.34. The lowest BCUT2D eigenvalue weighted by molar-refractivity contribution is -0.246. The molecule has 0 saturated heterocycles. The molecule has 5 fully saturated rings. The minimum absolute atomic E-state index is 0.0390. The van der Waals surface area contributed by atoms with Crippen molar-refractivity contribution in [3.8, 4) is 5.75 Å². The monoisotopic (exact) mass is 675 g/mol. The number of aliphatic carboxylic acids is 1. The standard InChI is InChI=1S/C43H65NO5/c1-28(2)31-17-23-43(38(48)44-26-20-29-11-13-30(14-12-29)49-27-9-8-10-36(46)47)25-24-41(6)32(37(31)43)15-16-34-40(5)21-19-35(45)39(3,4)33(40)18-22-42(34,41)7/h11-14,31-35,37,45H,1,8-10,15-27H2,2-7H3,(H,44,48)(H,46,47)/t31-,32?,33?,34?,35-,37?,40-,41+,42+,43-/m0/s1. The Morgan fingerprint density at radius 1 is 0.878 bits per heavy atom. The number of aliphatic hydroxyl groups is 1. The molecule has 1 amide bonds. The maximum absolute atomic E-state index is 14.5. The topological polar surface area (TPSA) is 95.9 Å². The number of fused-ring (bicyclic) bond motifs is 7. The zero-order valence-electron chi connectivity index (χ0n) is 31.4. The lowest BCUT2D eigenvalue weighted by Crippen LogP contribution is -2.67. The molecule has 1 aromatic rings. The highest BCUT2D eigenvalue weighted by Crippen LogP contribution is 2.77. The van der Waals surface area contributed by atoms with Gasteiger partial charge in [-0.3, -0.25) is 9.59 Å². The second-order valence-electron chi connectivity index (χ2n) is 18.6. The molecule has 6 nitrogen and oxygen atoms in total. The van der Waals surface area contributed by atoms with Crippen molar-refractivity contribution in [2.24, 2.45) is 56.7 Å². The van der Waals surface area contributed by atoms with Crippen LogP contribution in [0.2, 0.25) is 0 Å². The van der Waals surface area contributed by atoms with Gasteiger partial charge < -0.3 is 20.3 Å². The number of benzene rings is 1. The highest BCUT2D eigenvalue weighted by atomic mass is 16.5. The van der Waals surface area contributed by atoms with Gasteiger partial charge in [-0.2, -0.15) is 0 Å². The third-order valence-corrected chi connectivity index (χ3v) is 16.2. The molecule has 49 heavy (non-hydrogen) atoms. The second kappa shape index (κ2) is 13.3. The number of nitrogens with one attached hydrogen (secondary N) is 1. The summed E-state index contributed by atoms with van der Waals surface area (Å²) in [5, 5.41) is 23.3. The van der Waals surface area contributed by atoms with Crippen molar-refractivity contribution in [1.82, 2.24) is 5.32 Å². The summed E-state index contributed by atoms with van der Waals surface area (Å²) >= 11 is 0. The van der Waals surface area contributed by atoms with E-state index >= 15 is 0 Å². The largest absolute Gasteiger partial charge is 0.494 e. The third-order valence-electron chi connectivity index (χ3n) is 16.2. The first kappa shape index (κ1) is 36.5. The minimum atomic E-state index is -0.767. The molecular formula is C43H65NO5. The molecule has 6 rings (SSSR count). The predicted molar refractivity (Wildman–Crippen MR) is 195 cm³/mol. The van der Waals surface area contributed by atoms with Crippen molar-refractivity contribution in [3.05, 3.63) is 42.0 Å². The van der Waals surface area contributed by atoms with Crippen LogP contribution in [0.3, 0.4) is 0 Å². The molecule has 0 aliphatic heterocycles. The molecule has 272 valence electrons. The average Bonchev–Trinajstić information content (AvgIpc) is 3.45. The van der Waals surface area contributed by atoms with E-state index in [0.717, 1.165) is 57.1 Å². The van der Waals surface area contributed by atoms with Crippen molar-refractivity contribution < 1.29 is 24.5 Å². The smallest absolute Gasteiger partial charge is 0.303 e. The first-order valence-corrected chi connectivity index (χ1v) is 19.7. The van der Waals surface area contributed by atoms with Gasteiger partial charge in [-0.25, -0.2) is 0 Å². The summed E-state index contributed by atoms with van der Waals surface area (Å²) in [7, 11) is 0. The number of aliphatic hydroxyl groups excluding tert-OH is 1. The van der Waals surface area contributed by atoms with Gasteiger partial charge in [0.2, 0.25) is 5.91 Å². The fourth-order valence-electron chi connectivity index (χ4n) is 13.3. The van der Waals surface area contributed by atoms with E-state index in [-0.39, 0.29) is 45.5 Å². The first-order valence-electron chi connectivity index (χ1n) is 19.7. The van der Waals surface area contributed by atoms with Crippen LogP contribution in [0.5, 0.6) is 5.75 Å². The Morgan fingerprint density at radius 2 is 1.61 bits per heavy atom. The van der Waals surface area contributed by atoms with Gasteiger partial charge in [0.25, 0.3) is 0 Å². The van der Waals surface area contributed by atoms with Crippen LogP contribution < -0.4 is 10.1 Å². The van der Waals surface area contributed by atoms with E-state index in [0.29, 0.717) is 49.2 Å². The molecule has 4 unspecified atom stereocenters. The number of hydrogen-bond acceptors (Lipinski definition) is 4. The van der Waals surface area contributed by atoms with Crippen molar-refractivity contribution in [3.63, 3.8) is 0 Å². The van der Waals surface area contributed by atoms with Crippen LogP contribution in [0, 0.1) is 56.7 Å². The van der Waals surface area contributed by atoms with Crippen LogP contribution in [0.4, 0.5) is 0 Å². The zero-order chi connectivity index (χ0) is 35.4. The predicted octanol–water partition coefficient (Wildman–Crippen LogP) is 9.00. The molecule has 3 N–H and O–H groups in total. The average molecular weight is 676 g/mol. The highest BCUT2D eigenvalue weighted by Gasteiger charge is 2.71. The number of amides is 1. The zero-order valence-corrected chi connectivity index (χ0v) is 31.4. The van der Waals surface area contributed by atoms with Crippen LogP contribution >= 0.6 is 0 Å². The van der Waals surface area contributed by atoms with Crippen molar-refractivity contribution in [2.45, 2.75) is 138 Å². The van der Waals surface area contributed by atoms with Crippen molar-refractivity contribution in [2.75, 3.05) is 13.2 Å². The molecule has 6 heteroatoms. The summed E-state index contributed by atoms with van der Waals surface area (Å²) in [6.07, 6.45) is 13.2. The first-order chi connectivity index (χ1) is 23.1. The van der Waals surface area contributed by atoms with Gasteiger partial charge in [0.15, 0.2) is 0 Å². The van der Waals surface area contributed by atoms with Gasteiger partial charge in [-0.15, -0.1) is 0 Å².